The number of benzene rings is 2. The van der Waals surface area contributed by atoms with Crippen LogP contribution in [0.3, 0.4) is 0 Å². The van der Waals surface area contributed by atoms with Gasteiger partial charge in [0.2, 0.25) is 0 Å². The van der Waals surface area contributed by atoms with Crippen LogP contribution in [-0.2, 0) is 20.7 Å². The summed E-state index contributed by atoms with van der Waals surface area (Å²) in [5.41, 5.74) is 4.72. The number of carbonyl (C=O) groups excluding carboxylic acids is 1. The molecule has 7 nitrogen and oxygen atoms in total. The van der Waals surface area contributed by atoms with Crippen LogP contribution in [0.25, 0.3) is 22.5 Å². The minimum atomic E-state index is -0.853. The summed E-state index contributed by atoms with van der Waals surface area (Å²) in [6.45, 7) is 6.51. The van der Waals surface area contributed by atoms with E-state index in [4.69, 9.17) is 14.2 Å². The number of aliphatic hydroxyl groups excluding tert-OH is 1. The lowest BCUT2D eigenvalue weighted by molar-refractivity contribution is -0.141. The number of aliphatic hydroxyl groups is 1. The molecule has 38 heavy (non-hydrogen) atoms. The number of hydrogen-bond acceptors (Lipinski definition) is 7. The Morgan fingerprint density at radius 3 is 2.18 bits per heavy atom. The third-order valence-corrected chi connectivity index (χ3v) is 5.97. The molecule has 0 amide bonds. The first kappa shape index (κ1) is 29.0. The molecule has 2 aromatic carbocycles. The molecular weight excluding hydrogens is 480 g/mol. The summed E-state index contributed by atoms with van der Waals surface area (Å²) in [5, 5.41) is 9.68. The molecule has 0 saturated heterocycles. The van der Waals surface area contributed by atoms with E-state index in [1.54, 1.807) is 12.4 Å². The number of rotatable bonds is 17. The average molecular weight is 519 g/mol. The molecule has 1 heterocycles. The zero-order chi connectivity index (χ0) is 27.0. The van der Waals surface area contributed by atoms with Crippen LogP contribution in [0.4, 0.5) is 0 Å². The van der Waals surface area contributed by atoms with Crippen molar-refractivity contribution in [1.29, 1.82) is 0 Å². The number of carbonyl (C=O) groups is 1. The van der Waals surface area contributed by atoms with Crippen molar-refractivity contribution >= 4 is 5.97 Å². The molecule has 0 aliphatic heterocycles. The predicted octanol–water partition coefficient (Wildman–Crippen LogP) is 5.81. The van der Waals surface area contributed by atoms with Gasteiger partial charge in [-0.25, -0.2) is 14.8 Å². The highest BCUT2D eigenvalue weighted by atomic mass is 16.5. The fourth-order valence-corrected chi connectivity index (χ4v) is 3.80. The molecule has 3 rings (SSSR count). The molecule has 0 radical (unpaired) electrons. The molecular formula is C31H38N2O5. The summed E-state index contributed by atoms with van der Waals surface area (Å²) in [6.07, 6.45) is 10.0. The van der Waals surface area contributed by atoms with Crippen molar-refractivity contribution in [2.75, 3.05) is 26.4 Å². The van der Waals surface area contributed by atoms with Gasteiger partial charge in [0.15, 0.2) is 11.6 Å². The highest BCUT2D eigenvalue weighted by Gasteiger charge is 2.07. The third kappa shape index (κ3) is 10.1. The Morgan fingerprint density at radius 1 is 0.895 bits per heavy atom. The van der Waals surface area contributed by atoms with Crippen LogP contribution in [0, 0.1) is 0 Å². The topological polar surface area (TPSA) is 90.8 Å². The number of unbranched alkanes of at least 4 members (excludes halogenated alkanes) is 3. The first-order valence-electron chi connectivity index (χ1n) is 13.3. The van der Waals surface area contributed by atoms with Crippen LogP contribution in [0.5, 0.6) is 5.75 Å². The van der Waals surface area contributed by atoms with E-state index in [0.717, 1.165) is 30.9 Å². The number of aryl methyl sites for hydroxylation is 1. The lowest BCUT2D eigenvalue weighted by atomic mass is 10.0. The number of esters is 1. The van der Waals surface area contributed by atoms with Gasteiger partial charge in [-0.3, -0.25) is 0 Å². The number of nitrogens with zero attached hydrogens (tertiary/aromatic N) is 2. The molecule has 3 aromatic rings. The fourth-order valence-electron chi connectivity index (χ4n) is 3.80. The second-order valence-corrected chi connectivity index (χ2v) is 9.09. The van der Waals surface area contributed by atoms with Gasteiger partial charge in [0.05, 0.1) is 25.6 Å². The van der Waals surface area contributed by atoms with Crippen LogP contribution in [0.1, 0.15) is 44.6 Å². The lowest BCUT2D eigenvalue weighted by Crippen LogP contribution is -2.23. The summed E-state index contributed by atoms with van der Waals surface area (Å²) in [6, 6.07) is 17.1. The maximum Gasteiger partial charge on any atom is 0.330 e. The van der Waals surface area contributed by atoms with E-state index in [2.05, 4.69) is 59.9 Å². The summed E-state index contributed by atoms with van der Waals surface area (Å²) >= 11 is 0. The Hall–Kier alpha value is -3.55. The van der Waals surface area contributed by atoms with Crippen molar-refractivity contribution < 1.29 is 24.1 Å². The van der Waals surface area contributed by atoms with E-state index in [-0.39, 0.29) is 13.2 Å². The van der Waals surface area contributed by atoms with Crippen molar-refractivity contribution in [2.24, 2.45) is 0 Å². The van der Waals surface area contributed by atoms with Crippen LogP contribution in [-0.4, -0.2) is 53.6 Å². The number of aromatic nitrogens is 2. The maximum absolute atomic E-state index is 11.0. The number of ether oxygens (including phenoxy) is 3. The molecule has 0 fully saturated rings. The summed E-state index contributed by atoms with van der Waals surface area (Å²) in [4.78, 5) is 19.9. The smallest absolute Gasteiger partial charge is 0.330 e. The van der Waals surface area contributed by atoms with Crippen LogP contribution in [0.15, 0.2) is 73.6 Å². The van der Waals surface area contributed by atoms with E-state index in [9.17, 15) is 9.90 Å². The lowest BCUT2D eigenvalue weighted by Gasteiger charge is -2.11. The van der Waals surface area contributed by atoms with E-state index in [1.165, 1.54) is 36.0 Å². The first-order valence-corrected chi connectivity index (χ1v) is 13.3. The fraction of sp³-hybridized carbons (Fsp3) is 0.387. The largest absolute Gasteiger partial charge is 0.490 e. The van der Waals surface area contributed by atoms with Crippen molar-refractivity contribution in [1.82, 2.24) is 9.97 Å². The van der Waals surface area contributed by atoms with Crippen LogP contribution in [0.2, 0.25) is 0 Å². The van der Waals surface area contributed by atoms with E-state index < -0.39 is 12.1 Å². The van der Waals surface area contributed by atoms with Gasteiger partial charge >= 0.3 is 5.97 Å². The van der Waals surface area contributed by atoms with Gasteiger partial charge in [-0.05, 0) is 42.4 Å². The highest BCUT2D eigenvalue weighted by Crippen LogP contribution is 2.24. The molecule has 7 heteroatoms. The van der Waals surface area contributed by atoms with Gasteiger partial charge in [-0.15, -0.1) is 0 Å². The zero-order valence-electron chi connectivity index (χ0n) is 22.2. The van der Waals surface area contributed by atoms with Gasteiger partial charge in [0.25, 0.3) is 0 Å². The zero-order valence-corrected chi connectivity index (χ0v) is 22.2. The minimum Gasteiger partial charge on any atom is -0.490 e. The van der Waals surface area contributed by atoms with Crippen molar-refractivity contribution in [3.63, 3.8) is 0 Å². The van der Waals surface area contributed by atoms with E-state index in [1.807, 2.05) is 12.1 Å². The average Bonchev–Trinajstić information content (AvgIpc) is 2.96. The van der Waals surface area contributed by atoms with Gasteiger partial charge in [-0.2, -0.15) is 0 Å². The molecule has 1 aromatic heterocycles. The molecule has 202 valence electrons. The van der Waals surface area contributed by atoms with Gasteiger partial charge < -0.3 is 19.3 Å². The molecule has 1 N–H and O–H groups in total. The van der Waals surface area contributed by atoms with E-state index in [0.29, 0.717) is 24.8 Å². The Morgan fingerprint density at radius 2 is 1.53 bits per heavy atom. The maximum atomic E-state index is 11.0. The van der Waals surface area contributed by atoms with Crippen LogP contribution < -0.4 is 4.74 Å². The third-order valence-electron chi connectivity index (χ3n) is 5.97. The molecule has 0 spiro atoms. The summed E-state index contributed by atoms with van der Waals surface area (Å²) in [5.74, 6) is 0.705. The molecule has 0 bridgehead atoms. The normalized spacial score (nSPS) is 11.6. The second-order valence-electron chi connectivity index (χ2n) is 9.09. The monoisotopic (exact) mass is 518 g/mol. The van der Waals surface area contributed by atoms with E-state index >= 15 is 0 Å². The SMILES string of the molecule is C=CC(=O)OCC(O)COCCCCOc1cnc(-c2ccc(-c3ccc(CCCCC)cc3)cc2)nc1. The number of hydrogen-bond donors (Lipinski definition) is 1. The Balaban J connectivity index is 1.36. The quantitative estimate of drug-likeness (QED) is 0.137. The standard InChI is InChI=1S/C31H38N2O5/c1-3-5-6-9-24-10-12-25(13-11-24)26-14-16-27(17-15-26)31-32-20-29(21-33-31)37-19-8-7-18-36-22-28(34)23-38-30(35)4-2/h4,10-17,20-21,28,34H,2-3,5-9,18-19,22-23H2,1H3. The minimum absolute atomic E-state index is 0.104. The van der Waals surface area contributed by atoms with Gasteiger partial charge in [0.1, 0.15) is 12.7 Å². The molecule has 1 unspecified atom stereocenters. The molecule has 0 saturated carbocycles. The molecule has 0 aliphatic carbocycles. The van der Waals surface area contributed by atoms with Crippen molar-refractivity contribution in [3.05, 3.63) is 79.1 Å². The predicted molar refractivity (Wildman–Crippen MR) is 149 cm³/mol. The Bertz CT molecular complexity index is 1100. The second kappa shape index (κ2) is 16.3. The van der Waals surface area contributed by atoms with Gasteiger partial charge in [0, 0.05) is 18.2 Å². The summed E-state index contributed by atoms with van der Waals surface area (Å²) < 4.78 is 15.9. The van der Waals surface area contributed by atoms with Gasteiger partial charge in [-0.1, -0.05) is 74.9 Å². The summed E-state index contributed by atoms with van der Waals surface area (Å²) in [7, 11) is 0. The molecule has 0 aliphatic rings. The first-order chi connectivity index (χ1) is 18.6. The van der Waals surface area contributed by atoms with Crippen molar-refractivity contribution in [3.8, 4) is 28.3 Å². The Kier molecular flexibility index (Phi) is 12.5. The Labute approximate surface area is 225 Å². The molecule has 1 atom stereocenters. The highest BCUT2D eigenvalue weighted by molar-refractivity contribution is 5.81. The van der Waals surface area contributed by atoms with Crippen molar-refractivity contribution in [2.45, 2.75) is 51.6 Å². The van der Waals surface area contributed by atoms with Crippen LogP contribution >= 0.6 is 0 Å².